The molecule has 0 aliphatic heterocycles. The molecule has 26 heavy (non-hydrogen) atoms. The fraction of sp³-hybridized carbons (Fsp3) is 0.167. The van der Waals surface area contributed by atoms with Gasteiger partial charge in [-0.15, -0.1) is 0 Å². The Labute approximate surface area is 147 Å². The third kappa shape index (κ3) is 3.16. The number of carboxylic acid groups (broad SMARTS) is 1. The van der Waals surface area contributed by atoms with Crippen molar-refractivity contribution in [1.29, 1.82) is 0 Å². The molecule has 0 radical (unpaired) electrons. The molecule has 0 bridgehead atoms. The Hall–Kier alpha value is -3.55. The van der Waals surface area contributed by atoms with Crippen molar-refractivity contribution in [3.8, 4) is 5.75 Å². The van der Waals surface area contributed by atoms with Gasteiger partial charge in [-0.05, 0) is 49.4 Å². The molecule has 0 aliphatic carbocycles. The Kier molecular flexibility index (Phi) is 4.49. The second-order valence-corrected chi connectivity index (χ2v) is 5.62. The van der Waals surface area contributed by atoms with Crippen LogP contribution in [0.25, 0.3) is 11.1 Å². The van der Waals surface area contributed by atoms with Crippen molar-refractivity contribution in [2.45, 2.75) is 13.0 Å². The van der Waals surface area contributed by atoms with E-state index >= 15 is 0 Å². The lowest BCUT2D eigenvalue weighted by Gasteiger charge is -2.13. The largest absolute Gasteiger partial charge is 0.497 e. The van der Waals surface area contributed by atoms with Crippen LogP contribution in [0.5, 0.6) is 5.75 Å². The van der Waals surface area contributed by atoms with E-state index in [1.165, 1.54) is 22.8 Å². The Morgan fingerprint density at radius 3 is 2.50 bits per heavy atom. The van der Waals surface area contributed by atoms with Crippen LogP contribution >= 0.6 is 0 Å². The number of hydrogen-bond donors (Lipinski definition) is 2. The second-order valence-electron chi connectivity index (χ2n) is 5.62. The number of aromatic carboxylic acids is 1. The lowest BCUT2D eigenvalue weighted by Crippen LogP contribution is -2.29. The van der Waals surface area contributed by atoms with Gasteiger partial charge in [-0.1, -0.05) is 0 Å². The number of ether oxygens (including phenoxy) is 1. The maximum absolute atomic E-state index is 12.5. The van der Waals surface area contributed by atoms with Crippen molar-refractivity contribution >= 4 is 28.7 Å². The third-order valence-electron chi connectivity index (χ3n) is 3.98. The summed E-state index contributed by atoms with van der Waals surface area (Å²) in [6.07, 6.45) is 0. The molecule has 134 valence electrons. The molecule has 0 saturated heterocycles. The zero-order valence-electron chi connectivity index (χ0n) is 14.1. The lowest BCUT2D eigenvalue weighted by atomic mass is 10.2. The topological polar surface area (TPSA) is 111 Å². The van der Waals surface area contributed by atoms with Gasteiger partial charge in [-0.25, -0.2) is 9.59 Å². The molecule has 8 nitrogen and oxygen atoms in total. The van der Waals surface area contributed by atoms with Crippen LogP contribution in [0.4, 0.5) is 5.69 Å². The van der Waals surface area contributed by atoms with Crippen LogP contribution in [0.3, 0.4) is 0 Å². The number of benzene rings is 2. The fourth-order valence-corrected chi connectivity index (χ4v) is 2.57. The van der Waals surface area contributed by atoms with Crippen molar-refractivity contribution < 1.29 is 23.8 Å². The Morgan fingerprint density at radius 2 is 1.88 bits per heavy atom. The Morgan fingerprint density at radius 1 is 1.19 bits per heavy atom. The number of amides is 1. The number of methoxy groups -OCH3 is 1. The normalized spacial score (nSPS) is 11.9. The quantitative estimate of drug-likeness (QED) is 0.727. The number of carbonyl (C=O) groups is 2. The van der Waals surface area contributed by atoms with Gasteiger partial charge in [0.05, 0.1) is 18.2 Å². The number of rotatable bonds is 5. The Balaban J connectivity index is 1.89. The van der Waals surface area contributed by atoms with E-state index in [4.69, 9.17) is 14.3 Å². The highest BCUT2D eigenvalue weighted by atomic mass is 16.5. The zero-order chi connectivity index (χ0) is 18.8. The SMILES string of the molecule is COc1ccc(NC(=O)C(C)n2c(=O)oc3cc(C(=O)O)ccc32)cc1. The van der Waals surface area contributed by atoms with Crippen LogP contribution in [-0.2, 0) is 4.79 Å². The minimum absolute atomic E-state index is 0.00580. The molecule has 3 rings (SSSR count). The van der Waals surface area contributed by atoms with E-state index in [1.54, 1.807) is 38.3 Å². The van der Waals surface area contributed by atoms with E-state index in [0.717, 1.165) is 0 Å². The van der Waals surface area contributed by atoms with Crippen LogP contribution in [0.1, 0.15) is 23.3 Å². The van der Waals surface area contributed by atoms with E-state index in [9.17, 15) is 14.4 Å². The standard InChI is InChI=1S/C18H16N2O6/c1-10(16(21)19-12-4-6-13(25-2)7-5-12)20-14-8-3-11(17(22)23)9-15(14)26-18(20)24/h3-10H,1-2H3,(H,19,21)(H,22,23). The minimum atomic E-state index is -1.13. The number of hydrogen-bond acceptors (Lipinski definition) is 5. The molecule has 1 unspecified atom stereocenters. The summed E-state index contributed by atoms with van der Waals surface area (Å²) in [7, 11) is 1.54. The molecule has 2 aromatic carbocycles. The summed E-state index contributed by atoms with van der Waals surface area (Å²) < 4.78 is 11.3. The Bertz CT molecular complexity index is 1030. The lowest BCUT2D eigenvalue weighted by molar-refractivity contribution is -0.118. The molecule has 0 spiro atoms. The first-order valence-corrected chi connectivity index (χ1v) is 7.74. The van der Waals surface area contributed by atoms with E-state index in [2.05, 4.69) is 5.32 Å². The van der Waals surface area contributed by atoms with Crippen molar-refractivity contribution in [1.82, 2.24) is 4.57 Å². The molecule has 1 atom stereocenters. The second kappa shape index (κ2) is 6.75. The van der Waals surface area contributed by atoms with Crippen LogP contribution in [0.2, 0.25) is 0 Å². The molecule has 2 N–H and O–H groups in total. The predicted molar refractivity (Wildman–Crippen MR) is 93.8 cm³/mol. The maximum atomic E-state index is 12.5. The summed E-state index contributed by atoms with van der Waals surface area (Å²) in [6.45, 7) is 1.56. The highest BCUT2D eigenvalue weighted by Gasteiger charge is 2.22. The monoisotopic (exact) mass is 356 g/mol. The fourth-order valence-electron chi connectivity index (χ4n) is 2.57. The number of anilines is 1. The maximum Gasteiger partial charge on any atom is 0.420 e. The number of fused-ring (bicyclic) bond motifs is 1. The summed E-state index contributed by atoms with van der Waals surface area (Å²) in [5, 5.41) is 11.7. The molecule has 1 aromatic heterocycles. The van der Waals surface area contributed by atoms with Gasteiger partial charge >= 0.3 is 11.7 Å². The first-order chi connectivity index (χ1) is 12.4. The molecule has 3 aromatic rings. The summed E-state index contributed by atoms with van der Waals surface area (Å²) in [6, 6.07) is 9.95. The van der Waals surface area contributed by atoms with E-state index in [-0.39, 0.29) is 11.1 Å². The predicted octanol–water partition coefficient (Wildman–Crippen LogP) is 2.50. The smallest absolute Gasteiger partial charge is 0.420 e. The average molecular weight is 356 g/mol. The van der Waals surface area contributed by atoms with Crippen LogP contribution < -0.4 is 15.8 Å². The highest BCUT2D eigenvalue weighted by molar-refractivity contribution is 5.95. The van der Waals surface area contributed by atoms with E-state index < -0.39 is 23.7 Å². The van der Waals surface area contributed by atoms with Crippen LogP contribution in [-0.4, -0.2) is 28.7 Å². The first-order valence-electron chi connectivity index (χ1n) is 7.74. The van der Waals surface area contributed by atoms with Gasteiger partial charge in [0.15, 0.2) is 5.58 Å². The zero-order valence-corrected chi connectivity index (χ0v) is 14.1. The molecule has 0 saturated carbocycles. The molecule has 1 amide bonds. The first kappa shape index (κ1) is 17.3. The van der Waals surface area contributed by atoms with E-state index in [1.807, 2.05) is 0 Å². The van der Waals surface area contributed by atoms with Crippen molar-refractivity contribution in [2.75, 3.05) is 12.4 Å². The van der Waals surface area contributed by atoms with Gasteiger partial charge in [0.2, 0.25) is 5.91 Å². The third-order valence-corrected chi connectivity index (χ3v) is 3.98. The molecule has 8 heteroatoms. The molecule has 1 heterocycles. The number of carbonyl (C=O) groups excluding carboxylic acids is 1. The molecular weight excluding hydrogens is 340 g/mol. The molecule has 0 aliphatic rings. The van der Waals surface area contributed by atoms with Gasteiger partial charge in [-0.2, -0.15) is 0 Å². The average Bonchev–Trinajstić information content (AvgIpc) is 2.96. The number of carboxylic acids is 1. The number of nitrogens with zero attached hydrogens (tertiary/aromatic N) is 1. The molecule has 0 fully saturated rings. The van der Waals surface area contributed by atoms with Crippen LogP contribution in [0.15, 0.2) is 51.7 Å². The molecular formula is C18H16N2O6. The van der Waals surface area contributed by atoms with Crippen LogP contribution in [0, 0.1) is 0 Å². The van der Waals surface area contributed by atoms with Crippen molar-refractivity contribution in [2.24, 2.45) is 0 Å². The number of aromatic nitrogens is 1. The van der Waals surface area contributed by atoms with Gasteiger partial charge in [0.25, 0.3) is 0 Å². The minimum Gasteiger partial charge on any atom is -0.497 e. The van der Waals surface area contributed by atoms with Crippen molar-refractivity contribution in [3.63, 3.8) is 0 Å². The van der Waals surface area contributed by atoms with Gasteiger partial charge < -0.3 is 19.6 Å². The summed E-state index contributed by atoms with van der Waals surface area (Å²) in [4.78, 5) is 35.7. The summed E-state index contributed by atoms with van der Waals surface area (Å²) >= 11 is 0. The summed E-state index contributed by atoms with van der Waals surface area (Å²) in [5.41, 5.74) is 1.00. The number of nitrogens with one attached hydrogen (secondary N) is 1. The van der Waals surface area contributed by atoms with Gasteiger partial charge in [-0.3, -0.25) is 9.36 Å². The summed E-state index contributed by atoms with van der Waals surface area (Å²) in [5.74, 6) is -1.63. The number of oxazole rings is 1. The van der Waals surface area contributed by atoms with Gasteiger partial charge in [0, 0.05) is 5.69 Å². The van der Waals surface area contributed by atoms with Crippen molar-refractivity contribution in [3.05, 3.63) is 58.6 Å². The van der Waals surface area contributed by atoms with Gasteiger partial charge in [0.1, 0.15) is 11.8 Å². The highest BCUT2D eigenvalue weighted by Crippen LogP contribution is 2.21. The van der Waals surface area contributed by atoms with E-state index in [0.29, 0.717) is 17.0 Å².